The van der Waals surface area contributed by atoms with Crippen LogP contribution in [0.4, 0.5) is 0 Å². The smallest absolute Gasteiger partial charge is 0.297 e. The highest BCUT2D eigenvalue weighted by molar-refractivity contribution is 6.30. The first-order valence-electron chi connectivity index (χ1n) is 5.94. The van der Waals surface area contributed by atoms with Crippen LogP contribution >= 0.6 is 11.6 Å². The van der Waals surface area contributed by atoms with E-state index in [4.69, 9.17) is 11.6 Å². The van der Waals surface area contributed by atoms with Gasteiger partial charge < -0.3 is 0 Å². The van der Waals surface area contributed by atoms with Crippen LogP contribution in [0.15, 0.2) is 9.59 Å². The number of nitrogens with zero attached hydrogens (tertiary/aromatic N) is 1. The number of halogens is 1. The SMILES string of the molecule is CCC(CC)C(C)n1c(=O)[nH]c(Cl)c(C)c1=O. The fraction of sp³-hybridized carbons (Fsp3) is 0.667. The van der Waals surface area contributed by atoms with Gasteiger partial charge in [0, 0.05) is 11.6 Å². The van der Waals surface area contributed by atoms with Gasteiger partial charge in [0.15, 0.2) is 0 Å². The summed E-state index contributed by atoms with van der Waals surface area (Å²) in [6.45, 7) is 7.65. The van der Waals surface area contributed by atoms with Gasteiger partial charge in [0.05, 0.1) is 0 Å². The molecular weight excluding hydrogens is 240 g/mol. The molecule has 1 rings (SSSR count). The zero-order valence-electron chi connectivity index (χ0n) is 10.7. The molecule has 0 radical (unpaired) electrons. The molecule has 0 aliphatic heterocycles. The third kappa shape index (κ3) is 2.63. The third-order valence-electron chi connectivity index (χ3n) is 3.44. The van der Waals surface area contributed by atoms with E-state index in [9.17, 15) is 9.59 Å². The summed E-state index contributed by atoms with van der Waals surface area (Å²) in [7, 11) is 0. The van der Waals surface area contributed by atoms with Gasteiger partial charge in [-0.05, 0) is 19.8 Å². The average molecular weight is 259 g/mol. The van der Waals surface area contributed by atoms with Crippen LogP contribution in [-0.4, -0.2) is 9.55 Å². The maximum atomic E-state index is 12.0. The Hall–Kier alpha value is -1.03. The normalized spacial score (nSPS) is 13.1. The van der Waals surface area contributed by atoms with Gasteiger partial charge in [-0.15, -0.1) is 0 Å². The molecule has 0 bridgehead atoms. The van der Waals surface area contributed by atoms with Crippen LogP contribution in [0.2, 0.25) is 5.15 Å². The van der Waals surface area contributed by atoms with Crippen LogP contribution in [0.1, 0.15) is 45.2 Å². The lowest BCUT2D eigenvalue weighted by Crippen LogP contribution is -2.40. The van der Waals surface area contributed by atoms with Crippen molar-refractivity contribution in [2.45, 2.75) is 46.6 Å². The summed E-state index contributed by atoms with van der Waals surface area (Å²) in [4.78, 5) is 26.4. The van der Waals surface area contributed by atoms with Crippen LogP contribution in [0.5, 0.6) is 0 Å². The Labute approximate surface area is 106 Å². The average Bonchev–Trinajstić information content (AvgIpc) is 2.28. The molecule has 1 aromatic heterocycles. The van der Waals surface area contributed by atoms with Crippen molar-refractivity contribution in [3.05, 3.63) is 31.6 Å². The monoisotopic (exact) mass is 258 g/mol. The van der Waals surface area contributed by atoms with Crippen LogP contribution in [0.25, 0.3) is 0 Å². The van der Waals surface area contributed by atoms with Crippen molar-refractivity contribution >= 4 is 11.6 Å². The number of rotatable bonds is 4. The Balaban J connectivity index is 3.37. The van der Waals surface area contributed by atoms with Crippen molar-refractivity contribution in [3.8, 4) is 0 Å². The molecule has 96 valence electrons. The molecule has 0 saturated heterocycles. The molecule has 0 aliphatic carbocycles. The van der Waals surface area contributed by atoms with Gasteiger partial charge in [0.1, 0.15) is 5.15 Å². The van der Waals surface area contributed by atoms with Gasteiger partial charge in [0.25, 0.3) is 5.56 Å². The van der Waals surface area contributed by atoms with E-state index in [0.29, 0.717) is 11.5 Å². The highest BCUT2D eigenvalue weighted by atomic mass is 35.5. The molecule has 4 nitrogen and oxygen atoms in total. The largest absolute Gasteiger partial charge is 0.329 e. The van der Waals surface area contributed by atoms with E-state index >= 15 is 0 Å². The lowest BCUT2D eigenvalue weighted by molar-refractivity contribution is 0.317. The third-order valence-corrected chi connectivity index (χ3v) is 3.82. The first-order valence-corrected chi connectivity index (χ1v) is 6.32. The standard InChI is InChI=1S/C12H19ClN2O2/c1-5-9(6-2)8(4)15-11(16)7(3)10(13)14-12(15)17/h8-9H,5-6H2,1-4H3,(H,14,17). The zero-order chi connectivity index (χ0) is 13.2. The lowest BCUT2D eigenvalue weighted by Gasteiger charge is -2.23. The number of nitrogens with one attached hydrogen (secondary N) is 1. The second-order valence-electron chi connectivity index (χ2n) is 4.36. The highest BCUT2D eigenvalue weighted by Crippen LogP contribution is 2.21. The first kappa shape index (κ1) is 14.0. The first-order chi connectivity index (χ1) is 7.93. The fourth-order valence-electron chi connectivity index (χ4n) is 2.17. The number of hydrogen-bond donors (Lipinski definition) is 1. The molecule has 1 atom stereocenters. The van der Waals surface area contributed by atoms with Crippen molar-refractivity contribution in [2.75, 3.05) is 0 Å². The minimum atomic E-state index is -0.426. The summed E-state index contributed by atoms with van der Waals surface area (Å²) < 4.78 is 1.28. The van der Waals surface area contributed by atoms with Crippen LogP contribution < -0.4 is 11.2 Å². The zero-order valence-corrected chi connectivity index (χ0v) is 11.5. The van der Waals surface area contributed by atoms with Gasteiger partial charge in [-0.1, -0.05) is 38.3 Å². The van der Waals surface area contributed by atoms with E-state index < -0.39 is 5.69 Å². The predicted octanol–water partition coefficient (Wildman–Crippen LogP) is 2.50. The van der Waals surface area contributed by atoms with E-state index in [2.05, 4.69) is 18.8 Å². The van der Waals surface area contributed by atoms with Gasteiger partial charge >= 0.3 is 5.69 Å². The number of hydrogen-bond acceptors (Lipinski definition) is 2. The Kier molecular flexibility index (Phi) is 4.57. The molecule has 5 heteroatoms. The topological polar surface area (TPSA) is 54.9 Å². The summed E-state index contributed by atoms with van der Waals surface area (Å²) in [5, 5.41) is 0.132. The van der Waals surface area contributed by atoms with Crippen molar-refractivity contribution in [1.82, 2.24) is 9.55 Å². The van der Waals surface area contributed by atoms with Gasteiger partial charge in [-0.3, -0.25) is 14.3 Å². The van der Waals surface area contributed by atoms with Crippen molar-refractivity contribution < 1.29 is 0 Å². The molecule has 1 aromatic rings. The molecule has 0 amide bonds. The Morgan fingerprint density at radius 1 is 1.29 bits per heavy atom. The van der Waals surface area contributed by atoms with E-state index in [-0.39, 0.29) is 16.8 Å². The van der Waals surface area contributed by atoms with Crippen molar-refractivity contribution in [2.24, 2.45) is 5.92 Å². The molecule has 0 fully saturated rings. The molecule has 1 heterocycles. The number of H-pyrrole nitrogens is 1. The Morgan fingerprint density at radius 2 is 1.82 bits per heavy atom. The molecule has 1 unspecified atom stereocenters. The van der Waals surface area contributed by atoms with E-state index in [1.165, 1.54) is 4.57 Å². The van der Waals surface area contributed by atoms with E-state index in [1.54, 1.807) is 6.92 Å². The van der Waals surface area contributed by atoms with E-state index in [1.807, 2.05) is 6.92 Å². The second-order valence-corrected chi connectivity index (χ2v) is 4.74. The summed E-state index contributed by atoms with van der Waals surface area (Å²) in [6, 6.07) is -0.114. The fourth-order valence-corrected chi connectivity index (χ4v) is 2.33. The molecule has 1 N–H and O–H groups in total. The van der Waals surface area contributed by atoms with Crippen LogP contribution in [0, 0.1) is 12.8 Å². The maximum Gasteiger partial charge on any atom is 0.329 e. The summed E-state index contributed by atoms with van der Waals surface area (Å²) in [5.74, 6) is 0.314. The predicted molar refractivity (Wildman–Crippen MR) is 69.9 cm³/mol. The summed E-state index contributed by atoms with van der Waals surface area (Å²) in [6.07, 6.45) is 1.87. The molecule has 0 aromatic carbocycles. The highest BCUT2D eigenvalue weighted by Gasteiger charge is 2.20. The molecule has 17 heavy (non-hydrogen) atoms. The molecular formula is C12H19ClN2O2. The summed E-state index contributed by atoms with van der Waals surface area (Å²) >= 11 is 5.77. The van der Waals surface area contributed by atoms with Crippen molar-refractivity contribution in [1.29, 1.82) is 0 Å². The molecule has 0 aliphatic rings. The van der Waals surface area contributed by atoms with Gasteiger partial charge in [0.2, 0.25) is 0 Å². The van der Waals surface area contributed by atoms with Gasteiger partial charge in [-0.25, -0.2) is 4.79 Å². The van der Waals surface area contributed by atoms with Crippen LogP contribution in [-0.2, 0) is 0 Å². The number of aromatic amines is 1. The lowest BCUT2D eigenvalue weighted by atomic mass is 9.95. The Bertz CT molecular complexity index is 500. The number of aromatic nitrogens is 2. The minimum Gasteiger partial charge on any atom is -0.297 e. The molecule has 0 saturated carbocycles. The Morgan fingerprint density at radius 3 is 2.29 bits per heavy atom. The van der Waals surface area contributed by atoms with Gasteiger partial charge in [-0.2, -0.15) is 0 Å². The quantitative estimate of drug-likeness (QED) is 0.844. The minimum absolute atomic E-state index is 0.114. The van der Waals surface area contributed by atoms with Crippen LogP contribution in [0.3, 0.4) is 0 Å². The van der Waals surface area contributed by atoms with Crippen molar-refractivity contribution in [3.63, 3.8) is 0 Å². The molecule has 0 spiro atoms. The second kappa shape index (κ2) is 5.54. The maximum absolute atomic E-state index is 12.0. The van der Waals surface area contributed by atoms with E-state index in [0.717, 1.165) is 12.8 Å². The summed E-state index contributed by atoms with van der Waals surface area (Å²) in [5.41, 5.74) is -0.327.